The van der Waals surface area contributed by atoms with Crippen molar-refractivity contribution in [3.63, 3.8) is 0 Å². The van der Waals surface area contributed by atoms with Crippen molar-refractivity contribution in [1.29, 1.82) is 0 Å². The van der Waals surface area contributed by atoms with Crippen LogP contribution in [0.3, 0.4) is 0 Å². The summed E-state index contributed by atoms with van der Waals surface area (Å²) in [6, 6.07) is 0. The molecule has 2 atom stereocenters. The first-order chi connectivity index (χ1) is 28.8. The van der Waals surface area contributed by atoms with Crippen LogP contribution in [0.15, 0.2) is 97.2 Å². The highest BCUT2D eigenvalue weighted by atomic mass is 31.2. The van der Waals surface area contributed by atoms with Gasteiger partial charge in [0.25, 0.3) is 0 Å². The fraction of sp³-hybridized carbons (Fsp3) is 0.633. The number of unbranched alkanes of at least 4 members (excludes halogenated alkanes) is 12. The number of rotatable bonds is 41. The van der Waals surface area contributed by atoms with Gasteiger partial charge in [0.1, 0.15) is 6.61 Å². The minimum atomic E-state index is -4.41. The van der Waals surface area contributed by atoms with Crippen LogP contribution < -0.4 is 5.73 Å². The molecule has 0 aliphatic rings. The van der Waals surface area contributed by atoms with E-state index < -0.39 is 32.5 Å². The lowest BCUT2D eigenvalue weighted by molar-refractivity contribution is -0.161. The van der Waals surface area contributed by atoms with Crippen molar-refractivity contribution in [1.82, 2.24) is 0 Å². The molecular weight excluding hydrogens is 762 g/mol. The Morgan fingerprint density at radius 3 is 1.46 bits per heavy atom. The minimum absolute atomic E-state index is 0.0362. The predicted molar refractivity (Wildman–Crippen MR) is 247 cm³/mol. The third-order valence-corrected chi connectivity index (χ3v) is 9.95. The molecule has 0 saturated carbocycles. The van der Waals surface area contributed by atoms with Crippen molar-refractivity contribution >= 4 is 19.8 Å². The van der Waals surface area contributed by atoms with Crippen LogP contribution in [0.2, 0.25) is 0 Å². The molecule has 3 N–H and O–H groups in total. The number of phosphoric ester groups is 1. The summed E-state index contributed by atoms with van der Waals surface area (Å²) in [4.78, 5) is 34.9. The van der Waals surface area contributed by atoms with Crippen LogP contribution in [0.1, 0.15) is 168 Å². The number of carbonyl (C=O) groups is 2. The van der Waals surface area contributed by atoms with Crippen LogP contribution in [0.5, 0.6) is 0 Å². The zero-order chi connectivity index (χ0) is 43.2. The van der Waals surface area contributed by atoms with E-state index >= 15 is 0 Å². The Morgan fingerprint density at radius 2 is 0.966 bits per heavy atom. The molecule has 0 saturated heterocycles. The SMILES string of the molecule is CCC=CCC=CCC=CCC=CCC=CCC=CCCC(=O)OC(COC(=O)CCCCCCCCCCCC=CCC=CCCCCC)COP(=O)(O)OCCN. The molecule has 2 unspecified atom stereocenters. The second-order valence-corrected chi connectivity index (χ2v) is 16.0. The number of phosphoric acid groups is 1. The Kier molecular flexibility index (Phi) is 42.2. The van der Waals surface area contributed by atoms with Crippen LogP contribution >= 0.6 is 7.82 Å². The van der Waals surface area contributed by atoms with E-state index in [1.807, 2.05) is 12.2 Å². The number of esters is 2. The lowest BCUT2D eigenvalue weighted by Gasteiger charge is -2.19. The van der Waals surface area contributed by atoms with Gasteiger partial charge in [-0.1, -0.05) is 169 Å². The first-order valence-corrected chi connectivity index (χ1v) is 24.2. The van der Waals surface area contributed by atoms with Crippen molar-refractivity contribution < 1.29 is 37.6 Å². The van der Waals surface area contributed by atoms with Gasteiger partial charge < -0.3 is 20.1 Å². The second-order valence-electron chi connectivity index (χ2n) is 14.5. The van der Waals surface area contributed by atoms with E-state index in [0.717, 1.165) is 70.6 Å². The third kappa shape index (κ3) is 44.3. The summed E-state index contributed by atoms with van der Waals surface area (Å²) in [5.74, 6) is -0.939. The fourth-order valence-corrected chi connectivity index (χ4v) is 6.40. The van der Waals surface area contributed by atoms with Crippen molar-refractivity contribution in [2.45, 2.75) is 174 Å². The van der Waals surface area contributed by atoms with Gasteiger partial charge in [-0.05, 0) is 83.5 Å². The van der Waals surface area contributed by atoms with Gasteiger partial charge in [0.05, 0.1) is 13.2 Å². The Labute approximate surface area is 359 Å². The highest BCUT2D eigenvalue weighted by Crippen LogP contribution is 2.43. The number of carbonyl (C=O) groups excluding carboxylic acids is 2. The van der Waals surface area contributed by atoms with Gasteiger partial charge in [-0.15, -0.1) is 0 Å². The van der Waals surface area contributed by atoms with Gasteiger partial charge in [-0.3, -0.25) is 18.6 Å². The van der Waals surface area contributed by atoms with Gasteiger partial charge in [0, 0.05) is 19.4 Å². The average Bonchev–Trinajstić information content (AvgIpc) is 3.22. The van der Waals surface area contributed by atoms with E-state index in [9.17, 15) is 19.0 Å². The van der Waals surface area contributed by atoms with Crippen LogP contribution in [0.25, 0.3) is 0 Å². The summed E-state index contributed by atoms with van der Waals surface area (Å²) in [7, 11) is -4.41. The molecule has 0 fully saturated rings. The summed E-state index contributed by atoms with van der Waals surface area (Å²) in [5.41, 5.74) is 5.35. The van der Waals surface area contributed by atoms with E-state index in [2.05, 4.69) is 98.9 Å². The molecule has 0 aromatic heterocycles. The largest absolute Gasteiger partial charge is 0.472 e. The highest BCUT2D eigenvalue weighted by molar-refractivity contribution is 7.47. The maximum Gasteiger partial charge on any atom is 0.472 e. The summed E-state index contributed by atoms with van der Waals surface area (Å²) in [6.45, 7) is 3.49. The fourth-order valence-electron chi connectivity index (χ4n) is 5.63. The lowest BCUT2D eigenvalue weighted by Crippen LogP contribution is -2.29. The Morgan fingerprint density at radius 1 is 0.525 bits per heavy atom. The van der Waals surface area contributed by atoms with Crippen LogP contribution in [-0.2, 0) is 32.7 Å². The minimum Gasteiger partial charge on any atom is -0.462 e. The van der Waals surface area contributed by atoms with Gasteiger partial charge in [-0.2, -0.15) is 0 Å². The third-order valence-electron chi connectivity index (χ3n) is 8.97. The van der Waals surface area contributed by atoms with Crippen LogP contribution in [0, 0.1) is 0 Å². The normalized spacial score (nSPS) is 14.2. The molecule has 0 bridgehead atoms. The number of nitrogens with two attached hydrogens (primary N) is 1. The lowest BCUT2D eigenvalue weighted by atomic mass is 10.1. The summed E-state index contributed by atoms with van der Waals surface area (Å²) < 4.78 is 32.7. The molecule has 9 nitrogen and oxygen atoms in total. The molecule has 0 aliphatic carbocycles. The van der Waals surface area contributed by atoms with Gasteiger partial charge in [0.2, 0.25) is 0 Å². The summed E-state index contributed by atoms with van der Waals surface area (Å²) in [5, 5.41) is 0. The van der Waals surface area contributed by atoms with Crippen molar-refractivity contribution in [3.05, 3.63) is 97.2 Å². The molecule has 0 spiro atoms. The molecule has 0 heterocycles. The monoisotopic (exact) mass is 844 g/mol. The van der Waals surface area contributed by atoms with E-state index in [0.29, 0.717) is 12.8 Å². The number of allylic oxidation sites excluding steroid dienone is 16. The summed E-state index contributed by atoms with van der Waals surface area (Å²) >= 11 is 0. The Balaban J connectivity index is 4.27. The Hall–Kier alpha value is -3.07. The zero-order valence-electron chi connectivity index (χ0n) is 36.9. The van der Waals surface area contributed by atoms with E-state index in [1.165, 1.54) is 57.8 Å². The molecule has 0 aliphatic heterocycles. The van der Waals surface area contributed by atoms with E-state index in [-0.39, 0.29) is 32.6 Å². The van der Waals surface area contributed by atoms with Crippen LogP contribution in [0.4, 0.5) is 0 Å². The second kappa shape index (κ2) is 44.5. The molecule has 0 amide bonds. The maximum atomic E-state index is 12.6. The number of hydrogen-bond donors (Lipinski definition) is 2. The van der Waals surface area contributed by atoms with E-state index in [1.54, 1.807) is 0 Å². The molecule has 0 aromatic rings. The van der Waals surface area contributed by atoms with E-state index in [4.69, 9.17) is 24.3 Å². The molecule has 10 heteroatoms. The number of ether oxygens (including phenoxy) is 2. The van der Waals surface area contributed by atoms with Crippen LogP contribution in [-0.4, -0.2) is 49.3 Å². The number of hydrogen-bond acceptors (Lipinski definition) is 8. The van der Waals surface area contributed by atoms with Crippen molar-refractivity contribution in [2.24, 2.45) is 5.73 Å². The standard InChI is InChI=1S/C49H82NO8P/c1-3-5-7-9-11-13-15-17-19-21-23-25-27-29-31-33-35-37-39-41-48(51)55-45-47(46-57-59(53,54)56-44-43-50)58-49(52)42-40-38-36-34-32-30-28-26-24-22-20-18-16-14-12-10-8-6-4-2/h6,8,11-14,17-20,24,26,30,32,36,38,47H,3-5,7,9-10,15-16,21-23,25,27-29,31,33-35,37,39-46,50H2,1-2H3,(H,53,54). The smallest absolute Gasteiger partial charge is 0.462 e. The first-order valence-electron chi connectivity index (χ1n) is 22.7. The van der Waals surface area contributed by atoms with Crippen molar-refractivity contribution in [2.75, 3.05) is 26.4 Å². The predicted octanol–water partition coefficient (Wildman–Crippen LogP) is 13.4. The highest BCUT2D eigenvalue weighted by Gasteiger charge is 2.25. The van der Waals surface area contributed by atoms with Gasteiger partial charge >= 0.3 is 19.8 Å². The Bertz CT molecular complexity index is 1280. The first kappa shape index (κ1) is 55.9. The zero-order valence-corrected chi connectivity index (χ0v) is 37.8. The molecule has 336 valence electrons. The molecule has 0 radical (unpaired) electrons. The molecule has 0 aromatic carbocycles. The average molecular weight is 844 g/mol. The quantitative estimate of drug-likeness (QED) is 0.0267. The van der Waals surface area contributed by atoms with Gasteiger partial charge in [0.15, 0.2) is 6.10 Å². The molecule has 0 rings (SSSR count). The molecular formula is C49H82NO8P. The maximum absolute atomic E-state index is 12.6. The van der Waals surface area contributed by atoms with Gasteiger partial charge in [-0.25, -0.2) is 4.57 Å². The van der Waals surface area contributed by atoms with Crippen molar-refractivity contribution in [3.8, 4) is 0 Å². The summed E-state index contributed by atoms with van der Waals surface area (Å²) in [6.07, 6.45) is 57.4. The topological polar surface area (TPSA) is 134 Å². The molecule has 59 heavy (non-hydrogen) atoms.